The zero-order chi connectivity index (χ0) is 13.1. The molecule has 1 aromatic heterocycles. The summed E-state index contributed by atoms with van der Waals surface area (Å²) in [5, 5.41) is -0.715. The van der Waals surface area contributed by atoms with Crippen LogP contribution in [0.3, 0.4) is 0 Å². The molecule has 0 saturated carbocycles. The molecule has 0 aliphatic carbocycles. The summed E-state index contributed by atoms with van der Waals surface area (Å²) in [6.07, 6.45) is 1.16. The summed E-state index contributed by atoms with van der Waals surface area (Å²) < 4.78 is 30.9. The number of hydrogen-bond acceptors (Lipinski definition) is 2. The van der Waals surface area contributed by atoms with Gasteiger partial charge in [0.1, 0.15) is 22.3 Å². The van der Waals surface area contributed by atoms with E-state index in [4.69, 9.17) is 4.42 Å². The molecular weight excluding hydrogens is 251 g/mol. The SMILES string of the molecule is Cc1ccc([S@](=O)/C(F)=C/c2ccc(C)o2)cc1. The van der Waals surface area contributed by atoms with Crippen LogP contribution in [-0.4, -0.2) is 4.21 Å². The van der Waals surface area contributed by atoms with Crippen LogP contribution in [0.25, 0.3) is 6.08 Å². The molecule has 2 rings (SSSR count). The Hall–Kier alpha value is -1.68. The minimum Gasteiger partial charge on any atom is -0.462 e. The molecule has 0 unspecified atom stereocenters. The highest BCUT2D eigenvalue weighted by atomic mass is 32.2. The Morgan fingerprint density at radius 2 is 1.83 bits per heavy atom. The van der Waals surface area contributed by atoms with Gasteiger partial charge in [0.05, 0.1) is 0 Å². The van der Waals surface area contributed by atoms with Crippen molar-refractivity contribution in [3.8, 4) is 0 Å². The van der Waals surface area contributed by atoms with Crippen LogP contribution < -0.4 is 0 Å². The second-order valence-electron chi connectivity index (χ2n) is 3.98. The molecule has 1 aromatic carbocycles. The molecule has 0 fully saturated rings. The van der Waals surface area contributed by atoms with Crippen LogP contribution in [0.15, 0.2) is 50.9 Å². The van der Waals surface area contributed by atoms with Gasteiger partial charge in [-0.15, -0.1) is 0 Å². The van der Waals surface area contributed by atoms with Crippen molar-refractivity contribution in [1.82, 2.24) is 0 Å². The number of hydrogen-bond donors (Lipinski definition) is 0. The molecule has 2 nitrogen and oxygen atoms in total. The lowest BCUT2D eigenvalue weighted by atomic mass is 10.2. The molecule has 0 amide bonds. The van der Waals surface area contributed by atoms with Gasteiger partial charge in [0.15, 0.2) is 5.16 Å². The van der Waals surface area contributed by atoms with Crippen LogP contribution in [0.5, 0.6) is 0 Å². The Kier molecular flexibility index (Phi) is 3.77. The predicted octanol–water partition coefficient (Wildman–Crippen LogP) is 3.97. The molecule has 0 N–H and O–H groups in total. The number of rotatable bonds is 3. The minimum absolute atomic E-state index is 0.366. The van der Waals surface area contributed by atoms with E-state index in [9.17, 15) is 8.60 Å². The summed E-state index contributed by atoms with van der Waals surface area (Å²) in [6, 6.07) is 10.3. The number of furan rings is 1. The lowest BCUT2D eigenvalue weighted by Gasteiger charge is -1.99. The Balaban J connectivity index is 2.23. The second-order valence-corrected chi connectivity index (χ2v) is 5.38. The normalized spacial score (nSPS) is 13.6. The van der Waals surface area contributed by atoms with Gasteiger partial charge in [-0.1, -0.05) is 17.7 Å². The average molecular weight is 264 g/mol. The van der Waals surface area contributed by atoms with Gasteiger partial charge < -0.3 is 4.42 Å². The van der Waals surface area contributed by atoms with Crippen LogP contribution in [0, 0.1) is 13.8 Å². The molecule has 94 valence electrons. The molecule has 1 heterocycles. The van der Waals surface area contributed by atoms with E-state index >= 15 is 0 Å². The summed E-state index contributed by atoms with van der Waals surface area (Å²) in [7, 11) is -1.79. The minimum atomic E-state index is -1.79. The zero-order valence-corrected chi connectivity index (χ0v) is 11.0. The highest BCUT2D eigenvalue weighted by molar-refractivity contribution is 7.89. The first-order valence-corrected chi connectivity index (χ1v) is 6.63. The third-order valence-corrected chi connectivity index (χ3v) is 3.60. The van der Waals surface area contributed by atoms with Crippen LogP contribution in [-0.2, 0) is 10.8 Å². The molecule has 0 spiro atoms. The standard InChI is InChI=1S/C14H13FO2S/c1-10-3-7-13(8-4-10)18(16)14(15)9-12-6-5-11(2)17-12/h3-9H,1-2H3/b14-9+/t18-/m0/s1. The maximum Gasteiger partial charge on any atom is 0.195 e. The van der Waals surface area contributed by atoms with Gasteiger partial charge in [-0.25, -0.2) is 4.21 Å². The van der Waals surface area contributed by atoms with Crippen molar-refractivity contribution in [3.63, 3.8) is 0 Å². The van der Waals surface area contributed by atoms with Crippen molar-refractivity contribution < 1.29 is 13.0 Å². The fourth-order valence-electron chi connectivity index (χ4n) is 1.47. The van der Waals surface area contributed by atoms with Crippen molar-refractivity contribution in [2.45, 2.75) is 18.7 Å². The van der Waals surface area contributed by atoms with Gasteiger partial charge in [-0.3, -0.25) is 0 Å². The number of halogens is 1. The van der Waals surface area contributed by atoms with Crippen LogP contribution in [0.4, 0.5) is 4.39 Å². The van der Waals surface area contributed by atoms with E-state index < -0.39 is 16.0 Å². The molecule has 1 atom stereocenters. The summed E-state index contributed by atoms with van der Waals surface area (Å²) in [5.41, 5.74) is 1.04. The van der Waals surface area contributed by atoms with Gasteiger partial charge in [0.2, 0.25) is 0 Å². The first-order chi connectivity index (χ1) is 8.56. The summed E-state index contributed by atoms with van der Waals surface area (Å²) >= 11 is 0. The van der Waals surface area contributed by atoms with E-state index in [1.165, 1.54) is 0 Å². The largest absolute Gasteiger partial charge is 0.462 e. The van der Waals surface area contributed by atoms with Crippen LogP contribution in [0.1, 0.15) is 17.1 Å². The van der Waals surface area contributed by atoms with E-state index in [0.717, 1.165) is 11.6 Å². The molecule has 0 aliphatic heterocycles. The van der Waals surface area contributed by atoms with Crippen LogP contribution in [0.2, 0.25) is 0 Å². The maximum absolute atomic E-state index is 13.8. The number of aryl methyl sites for hydroxylation is 2. The van der Waals surface area contributed by atoms with Gasteiger partial charge in [-0.2, -0.15) is 4.39 Å². The maximum atomic E-state index is 13.8. The highest BCUT2D eigenvalue weighted by Crippen LogP contribution is 2.19. The number of benzene rings is 1. The van der Waals surface area contributed by atoms with Crippen molar-refractivity contribution in [2.75, 3.05) is 0 Å². The molecule has 18 heavy (non-hydrogen) atoms. The molecule has 2 aromatic rings. The van der Waals surface area contributed by atoms with Crippen molar-refractivity contribution in [3.05, 3.63) is 58.6 Å². The Morgan fingerprint density at radius 3 is 2.39 bits per heavy atom. The lowest BCUT2D eigenvalue weighted by Crippen LogP contribution is -1.91. The topological polar surface area (TPSA) is 30.2 Å². The van der Waals surface area contributed by atoms with E-state index in [1.807, 2.05) is 6.92 Å². The van der Waals surface area contributed by atoms with Crippen LogP contribution >= 0.6 is 0 Å². The Bertz CT molecular complexity index is 597. The van der Waals surface area contributed by atoms with E-state index in [1.54, 1.807) is 43.3 Å². The Morgan fingerprint density at radius 1 is 1.17 bits per heavy atom. The van der Waals surface area contributed by atoms with E-state index in [2.05, 4.69) is 0 Å². The average Bonchev–Trinajstić information content (AvgIpc) is 2.75. The molecule has 0 aliphatic rings. The monoisotopic (exact) mass is 264 g/mol. The fraction of sp³-hybridized carbons (Fsp3) is 0.143. The highest BCUT2D eigenvalue weighted by Gasteiger charge is 2.10. The molecular formula is C14H13FO2S. The second kappa shape index (κ2) is 5.31. The summed E-state index contributed by atoms with van der Waals surface area (Å²) in [5.74, 6) is 1.06. The molecule has 0 saturated heterocycles. The molecule has 0 bridgehead atoms. The van der Waals surface area contributed by atoms with Crippen molar-refractivity contribution in [2.24, 2.45) is 0 Å². The van der Waals surface area contributed by atoms with Gasteiger partial charge >= 0.3 is 0 Å². The van der Waals surface area contributed by atoms with E-state index in [0.29, 0.717) is 16.4 Å². The van der Waals surface area contributed by atoms with Gasteiger partial charge in [0.25, 0.3) is 0 Å². The molecule has 0 radical (unpaired) electrons. The van der Waals surface area contributed by atoms with Gasteiger partial charge in [0, 0.05) is 11.0 Å². The van der Waals surface area contributed by atoms with E-state index in [-0.39, 0.29) is 0 Å². The summed E-state index contributed by atoms with van der Waals surface area (Å²) in [4.78, 5) is 0.442. The first-order valence-electron chi connectivity index (χ1n) is 5.48. The Labute approximate surface area is 108 Å². The first kappa shape index (κ1) is 12.8. The van der Waals surface area contributed by atoms with Gasteiger partial charge in [-0.05, 0) is 38.1 Å². The zero-order valence-electron chi connectivity index (χ0n) is 10.1. The molecule has 4 heteroatoms. The third kappa shape index (κ3) is 2.96. The van der Waals surface area contributed by atoms with Crippen molar-refractivity contribution in [1.29, 1.82) is 0 Å². The smallest absolute Gasteiger partial charge is 0.195 e. The van der Waals surface area contributed by atoms with Crippen molar-refractivity contribution >= 4 is 16.9 Å². The predicted molar refractivity (Wildman–Crippen MR) is 70.1 cm³/mol. The third-order valence-electron chi connectivity index (χ3n) is 2.43. The summed E-state index contributed by atoms with van der Waals surface area (Å²) in [6.45, 7) is 3.69. The lowest BCUT2D eigenvalue weighted by molar-refractivity contribution is 0.523. The quantitative estimate of drug-likeness (QED) is 0.839. The fourth-order valence-corrected chi connectivity index (χ4v) is 2.30.